The predicted octanol–water partition coefficient (Wildman–Crippen LogP) is 3.73. The monoisotopic (exact) mass is 504 g/mol. The first-order valence-electron chi connectivity index (χ1n) is 12.7. The van der Waals surface area contributed by atoms with Crippen LogP contribution < -0.4 is 16.4 Å². The molecule has 0 saturated heterocycles. The first kappa shape index (κ1) is 26.1. The minimum absolute atomic E-state index is 0.0978. The van der Waals surface area contributed by atoms with Gasteiger partial charge in [0, 0.05) is 11.6 Å². The van der Waals surface area contributed by atoms with Crippen molar-refractivity contribution in [2.24, 2.45) is 11.8 Å². The van der Waals surface area contributed by atoms with Gasteiger partial charge in [0.2, 0.25) is 11.7 Å². The van der Waals surface area contributed by atoms with Crippen LogP contribution in [-0.4, -0.2) is 39.9 Å². The minimum atomic E-state index is -0.886. The summed E-state index contributed by atoms with van der Waals surface area (Å²) in [5, 5.41) is 11.6. The van der Waals surface area contributed by atoms with Crippen LogP contribution in [0, 0.1) is 11.8 Å². The maximum atomic E-state index is 13.3. The number of ketones is 1. The number of nitrogens with one attached hydrogen (secondary N) is 3. The number of amides is 2. The van der Waals surface area contributed by atoms with E-state index < -0.39 is 23.5 Å². The molecule has 0 unspecified atom stereocenters. The molecule has 0 bridgehead atoms. The summed E-state index contributed by atoms with van der Waals surface area (Å²) in [6.07, 6.45) is 3.38. The molecule has 37 heavy (non-hydrogen) atoms. The second-order valence-electron chi connectivity index (χ2n) is 9.89. The molecule has 1 heterocycles. The Labute approximate surface area is 215 Å². The Morgan fingerprint density at radius 3 is 2.32 bits per heavy atom. The third-order valence-corrected chi connectivity index (χ3v) is 6.66. The van der Waals surface area contributed by atoms with Crippen LogP contribution in [0.5, 0.6) is 0 Å². The molecule has 0 radical (unpaired) electrons. The van der Waals surface area contributed by atoms with Gasteiger partial charge < -0.3 is 15.1 Å². The largest absolute Gasteiger partial charge is 0.434 e. The fourth-order valence-corrected chi connectivity index (χ4v) is 4.78. The zero-order valence-electron chi connectivity index (χ0n) is 21.0. The lowest BCUT2D eigenvalue weighted by molar-refractivity contribution is -0.127. The van der Waals surface area contributed by atoms with E-state index in [2.05, 4.69) is 20.8 Å². The van der Waals surface area contributed by atoms with Crippen LogP contribution in [0.3, 0.4) is 0 Å². The topological polar surface area (TPSA) is 134 Å². The van der Waals surface area contributed by atoms with Crippen LogP contribution in [0.15, 0.2) is 63.8 Å². The summed E-state index contributed by atoms with van der Waals surface area (Å²) in [7, 11) is 0. The number of aromatic amines is 1. The number of hydrogen-bond acceptors (Lipinski definition) is 6. The second-order valence-corrected chi connectivity index (χ2v) is 9.89. The highest BCUT2D eigenvalue weighted by molar-refractivity contribution is 5.99. The molecule has 3 aromatic rings. The smallest absolute Gasteiger partial charge is 0.384 e. The number of rotatable bonds is 9. The molecule has 194 valence electrons. The lowest BCUT2D eigenvalue weighted by Crippen LogP contribution is -2.52. The molecule has 4 rings (SSSR count). The summed E-state index contributed by atoms with van der Waals surface area (Å²) in [5.74, 6) is -2.67. The number of H-pyrrole nitrogens is 1. The molecule has 1 aliphatic rings. The highest BCUT2D eigenvalue weighted by Gasteiger charge is 2.35. The maximum absolute atomic E-state index is 13.3. The van der Waals surface area contributed by atoms with Crippen LogP contribution in [0.4, 0.5) is 0 Å². The molecule has 3 atom stereocenters. The third kappa shape index (κ3) is 6.61. The summed E-state index contributed by atoms with van der Waals surface area (Å²) >= 11 is 0. The Hall–Kier alpha value is -4.01. The van der Waals surface area contributed by atoms with Gasteiger partial charge in [0.25, 0.3) is 11.8 Å². The van der Waals surface area contributed by atoms with E-state index in [9.17, 15) is 19.2 Å². The Kier molecular flexibility index (Phi) is 8.32. The fourth-order valence-electron chi connectivity index (χ4n) is 4.78. The number of hydrogen-bond donors (Lipinski definition) is 3. The molecule has 1 aliphatic carbocycles. The summed E-state index contributed by atoms with van der Waals surface area (Å²) in [6.45, 7) is 3.86. The Morgan fingerprint density at radius 2 is 1.68 bits per heavy atom. The van der Waals surface area contributed by atoms with Gasteiger partial charge in [-0.25, -0.2) is 9.89 Å². The Balaban J connectivity index is 1.44. The first-order chi connectivity index (χ1) is 17.8. The van der Waals surface area contributed by atoms with Crippen molar-refractivity contribution in [2.75, 3.05) is 0 Å². The quantitative estimate of drug-likeness (QED) is 0.380. The molecule has 9 nitrogen and oxygen atoms in total. The molecule has 0 spiro atoms. The molecular formula is C28H32N4O5. The molecular weight excluding hydrogens is 472 g/mol. The van der Waals surface area contributed by atoms with E-state index >= 15 is 0 Å². The number of carbonyl (C=O) groups is 3. The van der Waals surface area contributed by atoms with Gasteiger partial charge in [0.05, 0.1) is 12.0 Å². The number of aromatic nitrogens is 2. The van der Waals surface area contributed by atoms with E-state index in [1.807, 2.05) is 56.3 Å². The average Bonchev–Trinajstić information content (AvgIpc) is 3.34. The molecule has 1 aromatic heterocycles. The van der Waals surface area contributed by atoms with E-state index in [1.54, 1.807) is 12.1 Å². The molecule has 0 aliphatic heterocycles. The van der Waals surface area contributed by atoms with E-state index in [0.29, 0.717) is 24.8 Å². The van der Waals surface area contributed by atoms with Crippen molar-refractivity contribution < 1.29 is 18.8 Å². The van der Waals surface area contributed by atoms with E-state index in [1.165, 1.54) is 0 Å². The maximum Gasteiger partial charge on any atom is 0.434 e. The average molecular weight is 505 g/mol. The third-order valence-electron chi connectivity index (χ3n) is 6.66. The predicted molar refractivity (Wildman–Crippen MR) is 138 cm³/mol. The summed E-state index contributed by atoms with van der Waals surface area (Å²) in [6, 6.07) is 16.1. The van der Waals surface area contributed by atoms with Crippen molar-refractivity contribution in [3.8, 4) is 11.1 Å². The highest BCUT2D eigenvalue weighted by Crippen LogP contribution is 2.26. The summed E-state index contributed by atoms with van der Waals surface area (Å²) < 4.78 is 4.81. The fraction of sp³-hybridized carbons (Fsp3) is 0.393. The van der Waals surface area contributed by atoms with E-state index in [-0.39, 0.29) is 29.7 Å². The van der Waals surface area contributed by atoms with Crippen molar-refractivity contribution in [1.82, 2.24) is 20.8 Å². The van der Waals surface area contributed by atoms with Crippen LogP contribution >= 0.6 is 0 Å². The number of benzene rings is 2. The lowest BCUT2D eigenvalue weighted by Gasteiger charge is -2.32. The number of nitrogens with zero attached hydrogens (tertiary/aromatic N) is 1. The Morgan fingerprint density at radius 1 is 1.00 bits per heavy atom. The zero-order chi connectivity index (χ0) is 26.4. The van der Waals surface area contributed by atoms with E-state index in [0.717, 1.165) is 24.0 Å². The normalized spacial score (nSPS) is 18.2. The SMILES string of the molecule is CC(C)C[C@H](NC(=O)[C@@H]1CCCC[C@@H]1NC(=O)c1ccc(-c2ccccc2)cc1)C(=O)c1n[nH]c(=O)o1. The lowest BCUT2D eigenvalue weighted by atomic mass is 9.83. The van der Waals surface area contributed by atoms with Crippen molar-refractivity contribution in [1.29, 1.82) is 0 Å². The molecule has 1 fully saturated rings. The zero-order valence-corrected chi connectivity index (χ0v) is 21.0. The van der Waals surface area contributed by atoms with Crippen LogP contribution in [0.25, 0.3) is 11.1 Å². The molecule has 9 heteroatoms. The number of Topliss-reactive ketones (excluding diaryl/α,β-unsaturated/α-hetero) is 1. The van der Waals surface area contributed by atoms with Crippen LogP contribution in [-0.2, 0) is 4.79 Å². The van der Waals surface area contributed by atoms with Gasteiger partial charge in [-0.2, -0.15) is 0 Å². The van der Waals surface area contributed by atoms with Gasteiger partial charge in [0.15, 0.2) is 0 Å². The van der Waals surface area contributed by atoms with Gasteiger partial charge in [0.1, 0.15) is 0 Å². The van der Waals surface area contributed by atoms with Crippen molar-refractivity contribution in [3.63, 3.8) is 0 Å². The van der Waals surface area contributed by atoms with Gasteiger partial charge in [-0.3, -0.25) is 14.4 Å². The van der Waals surface area contributed by atoms with Crippen LogP contribution in [0.2, 0.25) is 0 Å². The molecule has 2 aromatic carbocycles. The van der Waals surface area contributed by atoms with Gasteiger partial charge in [-0.15, -0.1) is 5.10 Å². The molecule has 3 N–H and O–H groups in total. The minimum Gasteiger partial charge on any atom is -0.384 e. The summed E-state index contributed by atoms with van der Waals surface area (Å²) in [5.41, 5.74) is 2.60. The standard InChI is InChI=1S/C28H32N4O5/c1-17(2)16-23(24(33)27-31-32-28(36)37-27)30-26(35)21-10-6-7-11-22(21)29-25(34)20-14-12-19(13-15-20)18-8-4-3-5-9-18/h3-5,8-9,12-15,17,21-23H,6-7,10-11,16H2,1-2H3,(H,29,34)(H,30,35)(H,32,36)/t21-,22+,23+/m1/s1. The summed E-state index contributed by atoms with van der Waals surface area (Å²) in [4.78, 5) is 50.6. The van der Waals surface area contributed by atoms with Crippen molar-refractivity contribution in [2.45, 2.75) is 58.0 Å². The van der Waals surface area contributed by atoms with Gasteiger partial charge in [-0.1, -0.05) is 69.2 Å². The highest BCUT2D eigenvalue weighted by atomic mass is 16.4. The Bertz CT molecular complexity index is 1280. The van der Waals surface area contributed by atoms with Crippen molar-refractivity contribution >= 4 is 17.6 Å². The number of carbonyl (C=O) groups excluding carboxylic acids is 3. The molecule has 1 saturated carbocycles. The molecule has 2 amide bonds. The van der Waals surface area contributed by atoms with Crippen LogP contribution in [0.1, 0.15) is 67.0 Å². The van der Waals surface area contributed by atoms with Gasteiger partial charge >= 0.3 is 5.76 Å². The van der Waals surface area contributed by atoms with Gasteiger partial charge in [-0.05, 0) is 48.4 Å². The first-order valence-corrected chi connectivity index (χ1v) is 12.7. The second kappa shape index (κ2) is 11.8. The van der Waals surface area contributed by atoms with Crippen molar-refractivity contribution in [3.05, 3.63) is 76.6 Å². The van der Waals surface area contributed by atoms with E-state index in [4.69, 9.17) is 4.42 Å².